The molecule has 0 bridgehead atoms. The summed E-state index contributed by atoms with van der Waals surface area (Å²) in [6, 6.07) is 14.7. The number of carbonyl (C=O) groups excluding carboxylic acids is 3. The minimum Gasteiger partial charge on any atom is -0.462 e. The van der Waals surface area contributed by atoms with E-state index < -0.39 is 6.09 Å². The normalized spacial score (nSPS) is 16.3. The maximum Gasteiger partial charge on any atom is 0.413 e. The molecule has 0 atom stereocenters. The van der Waals surface area contributed by atoms with Crippen molar-refractivity contribution in [1.29, 1.82) is 5.41 Å². The first kappa shape index (κ1) is 28.1. The number of esters is 1. The van der Waals surface area contributed by atoms with Crippen LogP contribution in [0.4, 0.5) is 4.79 Å². The highest BCUT2D eigenvalue weighted by Gasteiger charge is 2.27. The number of alkyl carbamates (subject to hydrolysis) is 1. The lowest BCUT2D eigenvalue weighted by molar-refractivity contribution is -0.152. The van der Waals surface area contributed by atoms with Gasteiger partial charge in [-0.25, -0.2) is 4.79 Å². The van der Waals surface area contributed by atoms with E-state index in [0.717, 1.165) is 49.7 Å². The van der Waals surface area contributed by atoms with Crippen LogP contribution in [0.1, 0.15) is 67.3 Å². The van der Waals surface area contributed by atoms with Crippen molar-refractivity contribution in [3.63, 3.8) is 0 Å². The first-order valence-electron chi connectivity index (χ1n) is 13.8. The van der Waals surface area contributed by atoms with Crippen LogP contribution in [0.3, 0.4) is 0 Å². The van der Waals surface area contributed by atoms with Crippen LogP contribution >= 0.6 is 0 Å². The van der Waals surface area contributed by atoms with E-state index in [1.807, 2.05) is 41.3 Å². The molecule has 0 aromatic heterocycles. The highest BCUT2D eigenvalue weighted by Crippen LogP contribution is 2.26. The van der Waals surface area contributed by atoms with E-state index in [4.69, 9.17) is 14.9 Å². The molecular weight excluding hydrogens is 494 g/mol. The van der Waals surface area contributed by atoms with Gasteiger partial charge < -0.3 is 14.4 Å². The van der Waals surface area contributed by atoms with Crippen LogP contribution in [-0.2, 0) is 14.3 Å². The van der Waals surface area contributed by atoms with Gasteiger partial charge in [0.05, 0.1) is 0 Å². The van der Waals surface area contributed by atoms with E-state index in [9.17, 15) is 14.4 Å². The maximum atomic E-state index is 13.1. The summed E-state index contributed by atoms with van der Waals surface area (Å²) < 4.78 is 10.5. The number of amidine groups is 1. The van der Waals surface area contributed by atoms with Gasteiger partial charge in [0.15, 0.2) is 0 Å². The van der Waals surface area contributed by atoms with E-state index >= 15 is 0 Å². The molecule has 39 heavy (non-hydrogen) atoms. The topological polar surface area (TPSA) is 109 Å². The zero-order valence-electron chi connectivity index (χ0n) is 22.3. The first-order chi connectivity index (χ1) is 18.9. The lowest BCUT2D eigenvalue weighted by Gasteiger charge is -2.32. The van der Waals surface area contributed by atoms with E-state index in [1.54, 1.807) is 12.1 Å². The van der Waals surface area contributed by atoms with Crippen LogP contribution in [0, 0.1) is 11.3 Å². The number of benzene rings is 2. The van der Waals surface area contributed by atoms with Crippen LogP contribution in [0.15, 0.2) is 61.2 Å². The van der Waals surface area contributed by atoms with Crippen LogP contribution in [0.5, 0.6) is 0 Å². The third-order valence-electron chi connectivity index (χ3n) is 7.41. The number of piperidine rings is 1. The van der Waals surface area contributed by atoms with Crippen LogP contribution < -0.4 is 5.32 Å². The predicted molar refractivity (Wildman–Crippen MR) is 150 cm³/mol. The second-order valence-electron chi connectivity index (χ2n) is 10.2. The van der Waals surface area contributed by atoms with Crippen LogP contribution in [-0.4, -0.2) is 54.5 Å². The van der Waals surface area contributed by atoms with E-state index in [0.29, 0.717) is 30.6 Å². The Kier molecular flexibility index (Phi) is 9.89. The molecular formula is C31H37N3O5. The summed E-state index contributed by atoms with van der Waals surface area (Å²) in [6.07, 6.45) is 8.41. The fourth-order valence-electron chi connectivity index (χ4n) is 5.15. The number of likely N-dealkylation sites (tertiary alicyclic amines) is 1. The first-order valence-corrected chi connectivity index (χ1v) is 13.8. The fourth-order valence-corrected chi connectivity index (χ4v) is 5.15. The summed E-state index contributed by atoms with van der Waals surface area (Å²) in [5.74, 6) is 0.129. The minimum atomic E-state index is -0.703. The van der Waals surface area contributed by atoms with Crippen molar-refractivity contribution < 1.29 is 23.9 Å². The highest BCUT2D eigenvalue weighted by atomic mass is 16.5. The van der Waals surface area contributed by atoms with Gasteiger partial charge >= 0.3 is 12.1 Å². The third-order valence-corrected chi connectivity index (χ3v) is 7.41. The van der Waals surface area contributed by atoms with Gasteiger partial charge in [-0.3, -0.25) is 20.3 Å². The van der Waals surface area contributed by atoms with Crippen LogP contribution in [0.25, 0.3) is 11.1 Å². The summed E-state index contributed by atoms with van der Waals surface area (Å²) in [5.41, 5.74) is 3.06. The number of ether oxygens (including phenoxy) is 2. The Bertz CT molecular complexity index is 1160. The molecule has 1 saturated carbocycles. The lowest BCUT2D eigenvalue weighted by Crippen LogP contribution is -2.39. The van der Waals surface area contributed by atoms with Crippen molar-refractivity contribution in [2.24, 2.45) is 5.92 Å². The van der Waals surface area contributed by atoms with Gasteiger partial charge in [-0.1, -0.05) is 55.5 Å². The van der Waals surface area contributed by atoms with Crippen molar-refractivity contribution in [1.82, 2.24) is 10.2 Å². The number of carbonyl (C=O) groups is 3. The Morgan fingerprint density at radius 2 is 1.49 bits per heavy atom. The molecule has 2 amide bonds. The van der Waals surface area contributed by atoms with Gasteiger partial charge in [0, 0.05) is 30.6 Å². The van der Waals surface area contributed by atoms with Gasteiger partial charge in [-0.05, 0) is 67.7 Å². The Hall–Kier alpha value is -3.94. The molecule has 2 N–H and O–H groups in total. The van der Waals surface area contributed by atoms with Crippen molar-refractivity contribution >= 4 is 23.8 Å². The molecule has 8 heteroatoms. The summed E-state index contributed by atoms with van der Waals surface area (Å²) >= 11 is 0. The number of rotatable bonds is 8. The van der Waals surface area contributed by atoms with Crippen LogP contribution in [0.2, 0.25) is 0 Å². The van der Waals surface area contributed by atoms with Gasteiger partial charge in [-0.2, -0.15) is 0 Å². The Morgan fingerprint density at radius 1 is 0.897 bits per heavy atom. The molecule has 8 nitrogen and oxygen atoms in total. The second kappa shape index (κ2) is 13.7. The second-order valence-corrected chi connectivity index (χ2v) is 10.2. The average Bonchev–Trinajstić information content (AvgIpc) is 2.97. The summed E-state index contributed by atoms with van der Waals surface area (Å²) in [5, 5.41) is 10.4. The molecule has 1 heterocycles. The predicted octanol–water partition coefficient (Wildman–Crippen LogP) is 5.71. The molecule has 1 saturated heterocycles. The Labute approximate surface area is 229 Å². The molecule has 1 aliphatic heterocycles. The number of hydrogen-bond acceptors (Lipinski definition) is 6. The fraction of sp³-hybridized carbons (Fsp3) is 0.419. The van der Waals surface area contributed by atoms with Crippen molar-refractivity contribution in [3.05, 3.63) is 72.3 Å². The van der Waals surface area contributed by atoms with Crippen molar-refractivity contribution in [3.8, 4) is 11.1 Å². The van der Waals surface area contributed by atoms with E-state index in [1.165, 1.54) is 12.5 Å². The molecule has 2 aromatic rings. The van der Waals surface area contributed by atoms with Gasteiger partial charge in [0.25, 0.3) is 5.91 Å². The number of hydrogen-bond donors (Lipinski definition) is 2. The third kappa shape index (κ3) is 8.02. The van der Waals surface area contributed by atoms with Crippen molar-refractivity contribution in [2.45, 2.75) is 57.5 Å². The zero-order chi connectivity index (χ0) is 27.6. The molecule has 206 valence electrons. The molecule has 0 spiro atoms. The smallest absolute Gasteiger partial charge is 0.413 e. The minimum absolute atomic E-state index is 0.00277. The number of amides is 2. The highest BCUT2D eigenvalue weighted by molar-refractivity contribution is 6.04. The Morgan fingerprint density at radius 3 is 2.08 bits per heavy atom. The number of nitrogens with one attached hydrogen (secondary N) is 2. The molecule has 2 aromatic carbocycles. The molecule has 1 aliphatic carbocycles. The molecule has 0 unspecified atom stereocenters. The van der Waals surface area contributed by atoms with Gasteiger partial charge in [-0.15, -0.1) is 0 Å². The molecule has 2 aliphatic rings. The lowest BCUT2D eigenvalue weighted by atomic mass is 9.93. The average molecular weight is 532 g/mol. The monoisotopic (exact) mass is 531 g/mol. The SMILES string of the molecule is C=CCOC(=O)NC(=N)c1ccc(-c2ccc(C(=O)N3CCC(CC(=O)OC4CCCCC4)CC3)cc2)cc1. The molecule has 2 fully saturated rings. The summed E-state index contributed by atoms with van der Waals surface area (Å²) in [7, 11) is 0. The van der Waals surface area contributed by atoms with E-state index in [-0.39, 0.29) is 36.3 Å². The summed E-state index contributed by atoms with van der Waals surface area (Å²) in [6.45, 7) is 4.84. The summed E-state index contributed by atoms with van der Waals surface area (Å²) in [4.78, 5) is 38.9. The molecule has 4 rings (SSSR count). The van der Waals surface area contributed by atoms with Crippen molar-refractivity contribution in [2.75, 3.05) is 19.7 Å². The standard InChI is InChI=1S/C31H37N3O5/c1-2-20-38-31(37)33-29(32)25-12-8-23(9-13-25)24-10-14-26(15-11-24)30(36)34-18-16-22(17-19-34)21-28(35)39-27-6-4-3-5-7-27/h2,8-15,22,27H,1,3-7,16-21H2,(H2,32,33,37). The maximum absolute atomic E-state index is 13.1. The molecule has 0 radical (unpaired) electrons. The largest absolute Gasteiger partial charge is 0.462 e. The Balaban J connectivity index is 1.25. The van der Waals surface area contributed by atoms with Gasteiger partial charge in [0.1, 0.15) is 18.5 Å². The quantitative estimate of drug-likeness (QED) is 0.196. The zero-order valence-corrected chi connectivity index (χ0v) is 22.3. The number of nitrogens with zero attached hydrogens (tertiary/aromatic N) is 1. The van der Waals surface area contributed by atoms with E-state index in [2.05, 4.69) is 11.9 Å². The van der Waals surface area contributed by atoms with Gasteiger partial charge in [0.2, 0.25) is 0 Å².